The van der Waals surface area contributed by atoms with Crippen LogP contribution in [-0.4, -0.2) is 11.5 Å². The maximum Gasteiger partial charge on any atom is 0.0387 e. The highest BCUT2D eigenvalue weighted by molar-refractivity contribution is 7.99. The van der Waals surface area contributed by atoms with E-state index in [-0.39, 0.29) is 0 Å². The maximum absolute atomic E-state index is 2.31. The molecule has 0 saturated carbocycles. The number of benzene rings is 2. The molecule has 0 atom stereocenters. The standard InChI is InChI=1S/C18H20S2/c1-2-12-19-13-6-8-14-7-5-10-16-15-9-3-4-11-17(15)20-18(14)16/h3-5,7,9-11H,2,6,8,12-13H2,1H3. The molecule has 0 amide bonds. The lowest BCUT2D eigenvalue weighted by Gasteiger charge is -2.03. The summed E-state index contributed by atoms with van der Waals surface area (Å²) in [5.41, 5.74) is 1.53. The SMILES string of the molecule is CCCSCCCc1cccc2c1sc1ccccc12. The van der Waals surface area contributed by atoms with Gasteiger partial charge in [0.2, 0.25) is 0 Å². The molecule has 0 spiro atoms. The molecule has 20 heavy (non-hydrogen) atoms. The van der Waals surface area contributed by atoms with Crippen LogP contribution in [0, 0.1) is 0 Å². The molecule has 0 radical (unpaired) electrons. The van der Waals surface area contributed by atoms with Crippen molar-refractivity contribution in [1.82, 2.24) is 0 Å². The lowest BCUT2D eigenvalue weighted by molar-refractivity contribution is 0.940. The second-order valence-electron chi connectivity index (χ2n) is 5.11. The molecular weight excluding hydrogens is 280 g/mol. The van der Waals surface area contributed by atoms with Gasteiger partial charge in [0.1, 0.15) is 0 Å². The number of hydrogen-bond donors (Lipinski definition) is 0. The largest absolute Gasteiger partial charge is 0.162 e. The minimum Gasteiger partial charge on any atom is -0.162 e. The Bertz CT molecular complexity index is 697. The summed E-state index contributed by atoms with van der Waals surface area (Å²) in [4.78, 5) is 0. The van der Waals surface area contributed by atoms with Crippen LogP contribution in [0.15, 0.2) is 42.5 Å². The van der Waals surface area contributed by atoms with Gasteiger partial charge in [0.05, 0.1) is 0 Å². The van der Waals surface area contributed by atoms with Gasteiger partial charge in [-0.15, -0.1) is 11.3 Å². The first-order valence-electron chi connectivity index (χ1n) is 7.37. The Morgan fingerprint density at radius 3 is 2.70 bits per heavy atom. The molecule has 1 heterocycles. The predicted octanol–water partition coefficient (Wildman–Crippen LogP) is 6.13. The van der Waals surface area contributed by atoms with E-state index in [4.69, 9.17) is 0 Å². The number of hydrogen-bond acceptors (Lipinski definition) is 2. The van der Waals surface area contributed by atoms with Gasteiger partial charge in [-0.25, -0.2) is 0 Å². The van der Waals surface area contributed by atoms with Gasteiger partial charge in [-0.05, 0) is 42.4 Å². The van der Waals surface area contributed by atoms with Crippen LogP contribution in [0.1, 0.15) is 25.3 Å². The molecule has 0 N–H and O–H groups in total. The highest BCUT2D eigenvalue weighted by Crippen LogP contribution is 2.36. The van der Waals surface area contributed by atoms with Crippen molar-refractivity contribution in [3.8, 4) is 0 Å². The lowest BCUT2D eigenvalue weighted by Crippen LogP contribution is -1.89. The third-order valence-electron chi connectivity index (χ3n) is 3.57. The zero-order valence-electron chi connectivity index (χ0n) is 11.9. The van der Waals surface area contributed by atoms with Crippen LogP contribution < -0.4 is 0 Å². The lowest BCUT2D eigenvalue weighted by atomic mass is 10.1. The van der Waals surface area contributed by atoms with Crippen LogP contribution in [0.3, 0.4) is 0 Å². The predicted molar refractivity (Wildman–Crippen MR) is 95.3 cm³/mol. The van der Waals surface area contributed by atoms with Crippen LogP contribution in [0.5, 0.6) is 0 Å². The summed E-state index contributed by atoms with van der Waals surface area (Å²) in [6.07, 6.45) is 3.79. The highest BCUT2D eigenvalue weighted by atomic mass is 32.2. The van der Waals surface area contributed by atoms with Crippen LogP contribution >= 0.6 is 23.1 Å². The van der Waals surface area contributed by atoms with Gasteiger partial charge in [0, 0.05) is 20.2 Å². The van der Waals surface area contributed by atoms with Crippen molar-refractivity contribution in [2.75, 3.05) is 11.5 Å². The first kappa shape index (κ1) is 14.0. The van der Waals surface area contributed by atoms with E-state index in [1.54, 1.807) is 0 Å². The molecular formula is C18H20S2. The van der Waals surface area contributed by atoms with Gasteiger partial charge >= 0.3 is 0 Å². The van der Waals surface area contributed by atoms with Crippen molar-refractivity contribution >= 4 is 43.3 Å². The van der Waals surface area contributed by atoms with Gasteiger partial charge in [0.15, 0.2) is 0 Å². The van der Waals surface area contributed by atoms with E-state index >= 15 is 0 Å². The summed E-state index contributed by atoms with van der Waals surface area (Å²) in [7, 11) is 0. The summed E-state index contributed by atoms with van der Waals surface area (Å²) in [6.45, 7) is 2.25. The molecule has 0 unspecified atom stereocenters. The average molecular weight is 300 g/mol. The smallest absolute Gasteiger partial charge is 0.0387 e. The minimum absolute atomic E-state index is 1.21. The van der Waals surface area contributed by atoms with E-state index in [0.717, 1.165) is 0 Å². The molecule has 0 nitrogen and oxygen atoms in total. The average Bonchev–Trinajstić information content (AvgIpc) is 2.87. The summed E-state index contributed by atoms with van der Waals surface area (Å²) >= 11 is 4.04. The molecule has 0 bridgehead atoms. The van der Waals surface area contributed by atoms with Gasteiger partial charge in [-0.2, -0.15) is 11.8 Å². The van der Waals surface area contributed by atoms with Crippen molar-refractivity contribution in [1.29, 1.82) is 0 Å². The van der Waals surface area contributed by atoms with Crippen molar-refractivity contribution in [3.05, 3.63) is 48.0 Å². The third-order valence-corrected chi connectivity index (χ3v) is 6.11. The minimum atomic E-state index is 1.21. The first-order valence-corrected chi connectivity index (χ1v) is 9.34. The van der Waals surface area contributed by atoms with Crippen molar-refractivity contribution in [3.63, 3.8) is 0 Å². The molecule has 0 saturated heterocycles. The molecule has 0 aliphatic heterocycles. The van der Waals surface area contributed by atoms with Crippen LogP contribution in [0.4, 0.5) is 0 Å². The molecule has 0 aliphatic carbocycles. The zero-order valence-corrected chi connectivity index (χ0v) is 13.5. The number of rotatable bonds is 6. The second kappa shape index (κ2) is 6.64. The van der Waals surface area contributed by atoms with E-state index in [1.165, 1.54) is 56.5 Å². The summed E-state index contributed by atoms with van der Waals surface area (Å²) in [5, 5.41) is 2.85. The van der Waals surface area contributed by atoms with Gasteiger partial charge in [-0.3, -0.25) is 0 Å². The van der Waals surface area contributed by atoms with Crippen LogP contribution in [0.2, 0.25) is 0 Å². The zero-order chi connectivity index (χ0) is 13.8. The summed E-state index contributed by atoms with van der Waals surface area (Å²) in [6, 6.07) is 15.6. The second-order valence-corrected chi connectivity index (χ2v) is 7.38. The Hall–Kier alpha value is -0.990. The van der Waals surface area contributed by atoms with Gasteiger partial charge in [-0.1, -0.05) is 43.3 Å². The Labute approximate surface area is 129 Å². The van der Waals surface area contributed by atoms with Crippen LogP contribution in [-0.2, 0) is 6.42 Å². The topological polar surface area (TPSA) is 0 Å². The summed E-state index contributed by atoms with van der Waals surface area (Å²) in [5.74, 6) is 2.59. The van der Waals surface area contributed by atoms with E-state index in [0.29, 0.717) is 0 Å². The maximum atomic E-state index is 2.31. The van der Waals surface area contributed by atoms with Crippen LogP contribution in [0.25, 0.3) is 20.2 Å². The third kappa shape index (κ3) is 2.87. The Morgan fingerprint density at radius 1 is 0.950 bits per heavy atom. The van der Waals surface area contributed by atoms with Crippen molar-refractivity contribution < 1.29 is 0 Å². The van der Waals surface area contributed by atoms with Crippen molar-refractivity contribution in [2.45, 2.75) is 26.2 Å². The Kier molecular flexibility index (Phi) is 4.64. The van der Waals surface area contributed by atoms with E-state index in [1.807, 2.05) is 11.3 Å². The Balaban J connectivity index is 1.84. The normalized spacial score (nSPS) is 11.4. The van der Waals surface area contributed by atoms with E-state index < -0.39 is 0 Å². The Morgan fingerprint density at radius 2 is 1.80 bits per heavy atom. The molecule has 0 fully saturated rings. The van der Waals surface area contributed by atoms with E-state index in [9.17, 15) is 0 Å². The number of aryl methyl sites for hydroxylation is 1. The highest BCUT2D eigenvalue weighted by Gasteiger charge is 2.07. The number of fused-ring (bicyclic) bond motifs is 3. The van der Waals surface area contributed by atoms with Gasteiger partial charge in [0.25, 0.3) is 0 Å². The summed E-state index contributed by atoms with van der Waals surface area (Å²) < 4.78 is 2.91. The molecule has 1 aromatic heterocycles. The van der Waals surface area contributed by atoms with Crippen molar-refractivity contribution in [2.24, 2.45) is 0 Å². The fraction of sp³-hybridized carbons (Fsp3) is 0.333. The molecule has 0 aliphatic rings. The first-order chi connectivity index (χ1) is 9.90. The molecule has 3 aromatic rings. The fourth-order valence-electron chi connectivity index (χ4n) is 2.61. The molecule has 104 valence electrons. The quantitative estimate of drug-likeness (QED) is 0.493. The molecule has 2 heteroatoms. The number of thiophene rings is 1. The van der Waals surface area contributed by atoms with E-state index in [2.05, 4.69) is 61.2 Å². The van der Waals surface area contributed by atoms with Gasteiger partial charge < -0.3 is 0 Å². The monoisotopic (exact) mass is 300 g/mol. The molecule has 2 aromatic carbocycles. The molecule has 3 rings (SSSR count). The number of thioether (sulfide) groups is 1. The fourth-order valence-corrected chi connectivity index (χ4v) is 4.70.